The Morgan fingerprint density at radius 2 is 1.95 bits per heavy atom. The van der Waals surface area contributed by atoms with Crippen molar-refractivity contribution in [1.29, 1.82) is 0 Å². The predicted molar refractivity (Wildman–Crippen MR) is 87.9 cm³/mol. The Balaban J connectivity index is 2.14. The highest BCUT2D eigenvalue weighted by Crippen LogP contribution is 2.22. The molecule has 0 saturated carbocycles. The van der Waals surface area contributed by atoms with E-state index in [-0.39, 0.29) is 5.75 Å². The second-order valence-corrected chi connectivity index (χ2v) is 8.04. The number of rotatable bonds is 7. The van der Waals surface area contributed by atoms with E-state index >= 15 is 0 Å². The summed E-state index contributed by atoms with van der Waals surface area (Å²) in [7, 11) is -3.22. The average Bonchev–Trinajstić information content (AvgIpc) is 2.78. The number of unbranched alkanes of at least 4 members (excludes halogenated alkanes) is 1. The molecule has 2 N–H and O–H groups in total. The molecule has 4 nitrogen and oxygen atoms in total. The van der Waals surface area contributed by atoms with E-state index in [1.165, 1.54) is 0 Å². The summed E-state index contributed by atoms with van der Waals surface area (Å²) in [5.74, 6) is 0.195. The lowest BCUT2D eigenvalue weighted by atomic mass is 9.96. The van der Waals surface area contributed by atoms with E-state index < -0.39 is 15.6 Å². The first-order valence-electron chi connectivity index (χ1n) is 7.40. The zero-order valence-electron chi connectivity index (χ0n) is 12.9. The van der Waals surface area contributed by atoms with Crippen LogP contribution in [0, 0.1) is 0 Å². The van der Waals surface area contributed by atoms with Gasteiger partial charge in [-0.05, 0) is 38.3 Å². The topological polar surface area (TPSA) is 62.0 Å². The van der Waals surface area contributed by atoms with Gasteiger partial charge in [-0.15, -0.1) is 0 Å². The van der Waals surface area contributed by atoms with Crippen LogP contribution in [-0.4, -0.2) is 24.7 Å². The Hall–Kier alpha value is -1.33. The summed E-state index contributed by atoms with van der Waals surface area (Å²) in [5, 5.41) is 1.15. The van der Waals surface area contributed by atoms with Crippen molar-refractivity contribution in [3.63, 3.8) is 0 Å². The molecule has 0 aliphatic rings. The quantitative estimate of drug-likeness (QED) is 0.825. The molecule has 0 spiro atoms. The summed E-state index contributed by atoms with van der Waals surface area (Å²) in [5.41, 5.74) is 1.71. The number of H-pyrrole nitrogens is 1. The van der Waals surface area contributed by atoms with Gasteiger partial charge in [-0.2, -0.15) is 0 Å². The van der Waals surface area contributed by atoms with E-state index in [4.69, 9.17) is 0 Å². The number of benzene rings is 1. The molecule has 2 rings (SSSR count). The lowest BCUT2D eigenvalue weighted by molar-refractivity contribution is 0.451. The smallest absolute Gasteiger partial charge is 0.212 e. The fourth-order valence-electron chi connectivity index (χ4n) is 2.60. The number of sulfonamides is 1. The first-order valence-corrected chi connectivity index (χ1v) is 9.05. The monoisotopic (exact) mass is 308 g/mol. The molecule has 0 saturated heterocycles. The van der Waals surface area contributed by atoms with Gasteiger partial charge in [0.2, 0.25) is 10.0 Å². The van der Waals surface area contributed by atoms with Crippen LogP contribution in [-0.2, 0) is 16.4 Å². The summed E-state index contributed by atoms with van der Waals surface area (Å²) in [6.07, 6.45) is 4.19. The summed E-state index contributed by atoms with van der Waals surface area (Å²) in [6.45, 7) is 5.85. The fraction of sp³-hybridized carbons (Fsp3) is 0.500. The van der Waals surface area contributed by atoms with Crippen molar-refractivity contribution in [3.05, 3.63) is 36.0 Å². The Labute approximate surface area is 127 Å². The zero-order chi connectivity index (χ0) is 15.5. The SMILES string of the molecule is CCCCS(=O)(=O)NC(C)(C)Cc1c[nH]c2ccccc12. The number of nitrogens with one attached hydrogen (secondary N) is 2. The van der Waals surface area contributed by atoms with Crippen molar-refractivity contribution >= 4 is 20.9 Å². The second kappa shape index (κ2) is 6.20. The van der Waals surface area contributed by atoms with Gasteiger partial charge in [0.15, 0.2) is 0 Å². The van der Waals surface area contributed by atoms with Crippen molar-refractivity contribution in [1.82, 2.24) is 9.71 Å². The van der Waals surface area contributed by atoms with Crippen LogP contribution in [0.5, 0.6) is 0 Å². The van der Waals surface area contributed by atoms with Crippen molar-refractivity contribution in [2.24, 2.45) is 0 Å². The van der Waals surface area contributed by atoms with E-state index in [0.717, 1.165) is 22.9 Å². The van der Waals surface area contributed by atoms with Gasteiger partial charge in [-0.3, -0.25) is 0 Å². The molecule has 0 bridgehead atoms. The molecule has 1 heterocycles. The number of fused-ring (bicyclic) bond motifs is 1. The highest BCUT2D eigenvalue weighted by atomic mass is 32.2. The van der Waals surface area contributed by atoms with E-state index in [0.29, 0.717) is 12.8 Å². The van der Waals surface area contributed by atoms with Gasteiger partial charge in [0, 0.05) is 22.6 Å². The Bertz CT molecular complexity index is 702. The average molecular weight is 308 g/mol. The molecule has 1 aromatic carbocycles. The van der Waals surface area contributed by atoms with Gasteiger partial charge < -0.3 is 4.98 Å². The van der Waals surface area contributed by atoms with Crippen LogP contribution in [0.3, 0.4) is 0 Å². The molecule has 21 heavy (non-hydrogen) atoms. The molecule has 2 aromatic rings. The standard InChI is InChI=1S/C16H24N2O2S/c1-4-5-10-21(19,20)18-16(2,3)11-13-12-17-15-9-7-6-8-14(13)15/h6-9,12,17-18H,4-5,10-11H2,1-3H3. The molecule has 0 aliphatic carbocycles. The van der Waals surface area contributed by atoms with Gasteiger partial charge in [-0.1, -0.05) is 31.5 Å². The molecular formula is C16H24N2O2S. The number of aromatic amines is 1. The molecule has 1 aromatic heterocycles. The number of hydrogen-bond donors (Lipinski definition) is 2. The molecule has 0 atom stereocenters. The van der Waals surface area contributed by atoms with Gasteiger partial charge in [0.05, 0.1) is 5.75 Å². The summed E-state index contributed by atoms with van der Waals surface area (Å²) >= 11 is 0. The maximum atomic E-state index is 12.1. The Morgan fingerprint density at radius 1 is 1.24 bits per heavy atom. The normalized spacial score (nSPS) is 12.9. The maximum Gasteiger partial charge on any atom is 0.212 e. The summed E-state index contributed by atoms with van der Waals surface area (Å²) in [4.78, 5) is 3.23. The third kappa shape index (κ3) is 4.32. The number of aromatic nitrogens is 1. The van der Waals surface area contributed by atoms with Crippen molar-refractivity contribution in [2.75, 3.05) is 5.75 Å². The number of para-hydroxylation sites is 1. The second-order valence-electron chi connectivity index (χ2n) is 6.19. The highest BCUT2D eigenvalue weighted by molar-refractivity contribution is 7.89. The lowest BCUT2D eigenvalue weighted by Gasteiger charge is -2.26. The van der Waals surface area contributed by atoms with E-state index in [9.17, 15) is 8.42 Å². The van der Waals surface area contributed by atoms with E-state index in [1.807, 2.05) is 45.2 Å². The molecule has 0 amide bonds. The first kappa shape index (κ1) is 16.0. The molecule has 116 valence electrons. The largest absolute Gasteiger partial charge is 0.361 e. The summed E-state index contributed by atoms with van der Waals surface area (Å²) < 4.78 is 27.0. The Morgan fingerprint density at radius 3 is 2.67 bits per heavy atom. The minimum Gasteiger partial charge on any atom is -0.361 e. The Kier molecular flexibility index (Phi) is 4.74. The molecule has 5 heteroatoms. The third-order valence-corrected chi connectivity index (χ3v) is 5.20. The van der Waals surface area contributed by atoms with Crippen LogP contribution in [0.25, 0.3) is 10.9 Å². The van der Waals surface area contributed by atoms with Crippen LogP contribution < -0.4 is 4.72 Å². The van der Waals surface area contributed by atoms with Crippen LogP contribution in [0.1, 0.15) is 39.2 Å². The van der Waals surface area contributed by atoms with Crippen molar-refractivity contribution in [3.8, 4) is 0 Å². The fourth-order valence-corrected chi connectivity index (χ4v) is 4.28. The van der Waals surface area contributed by atoms with Crippen LogP contribution in [0.4, 0.5) is 0 Å². The maximum absolute atomic E-state index is 12.1. The minimum absolute atomic E-state index is 0.195. The van der Waals surface area contributed by atoms with Gasteiger partial charge in [0.1, 0.15) is 0 Å². The molecule has 0 aliphatic heterocycles. The van der Waals surface area contributed by atoms with Crippen LogP contribution in [0.2, 0.25) is 0 Å². The predicted octanol–water partition coefficient (Wildman–Crippen LogP) is 3.21. The van der Waals surface area contributed by atoms with E-state index in [1.54, 1.807) is 0 Å². The third-order valence-electron chi connectivity index (χ3n) is 3.51. The van der Waals surface area contributed by atoms with Crippen LogP contribution >= 0.6 is 0 Å². The van der Waals surface area contributed by atoms with Gasteiger partial charge in [-0.25, -0.2) is 13.1 Å². The molecule has 0 fully saturated rings. The van der Waals surface area contributed by atoms with E-state index in [2.05, 4.69) is 15.8 Å². The molecule has 0 unspecified atom stereocenters. The molecule has 0 radical (unpaired) electrons. The van der Waals surface area contributed by atoms with Crippen molar-refractivity contribution < 1.29 is 8.42 Å². The summed E-state index contributed by atoms with van der Waals surface area (Å²) in [6, 6.07) is 8.07. The van der Waals surface area contributed by atoms with Gasteiger partial charge >= 0.3 is 0 Å². The first-order chi connectivity index (χ1) is 9.83. The van der Waals surface area contributed by atoms with Crippen molar-refractivity contribution in [2.45, 2.75) is 45.6 Å². The molecular weight excluding hydrogens is 284 g/mol. The zero-order valence-corrected chi connectivity index (χ0v) is 13.8. The highest BCUT2D eigenvalue weighted by Gasteiger charge is 2.25. The van der Waals surface area contributed by atoms with Gasteiger partial charge in [0.25, 0.3) is 0 Å². The minimum atomic E-state index is -3.22. The lowest BCUT2D eigenvalue weighted by Crippen LogP contribution is -2.45. The van der Waals surface area contributed by atoms with Crippen LogP contribution in [0.15, 0.2) is 30.5 Å². The number of hydrogen-bond acceptors (Lipinski definition) is 2.